The Morgan fingerprint density at radius 3 is 2.50 bits per heavy atom. The van der Waals surface area contributed by atoms with Crippen LogP contribution >= 0.6 is 0 Å². The number of carboxylic acid groups (broad SMARTS) is 1. The highest BCUT2D eigenvalue weighted by Gasteiger charge is 2.24. The van der Waals surface area contributed by atoms with Crippen molar-refractivity contribution < 1.29 is 9.90 Å². The predicted molar refractivity (Wildman–Crippen MR) is 145 cm³/mol. The number of hydrogen-bond donors (Lipinski definition) is 3. The minimum atomic E-state index is -0.662. The lowest BCUT2D eigenvalue weighted by atomic mass is 9.94. The molecular weight excluding hydrogens is 452 g/mol. The lowest BCUT2D eigenvalue weighted by Gasteiger charge is -2.30. The van der Waals surface area contributed by atoms with Gasteiger partial charge in [0.2, 0.25) is 0 Å². The number of carboxylic acids is 1. The van der Waals surface area contributed by atoms with Crippen molar-refractivity contribution in [3.05, 3.63) is 53.0 Å². The molecule has 196 valence electrons. The van der Waals surface area contributed by atoms with E-state index in [1.54, 1.807) is 5.01 Å². The zero-order valence-corrected chi connectivity index (χ0v) is 22.5. The Labute approximate surface area is 215 Å². The molecule has 2 heterocycles. The van der Waals surface area contributed by atoms with Gasteiger partial charge in [0, 0.05) is 29.9 Å². The normalized spacial score (nSPS) is 15.5. The molecule has 1 aliphatic rings. The van der Waals surface area contributed by atoms with Crippen LogP contribution in [-0.2, 0) is 11.2 Å². The fourth-order valence-corrected chi connectivity index (χ4v) is 4.88. The van der Waals surface area contributed by atoms with Crippen molar-refractivity contribution in [3.63, 3.8) is 0 Å². The molecule has 1 aromatic carbocycles. The number of likely N-dealkylation sites (tertiary alicyclic amines) is 1. The number of aryl methyl sites for hydroxylation is 2. The first kappa shape index (κ1) is 27.6. The molecule has 1 fully saturated rings. The molecule has 0 spiro atoms. The highest BCUT2D eigenvalue weighted by molar-refractivity contribution is 5.70. The number of hydrogen-bond acceptors (Lipinski definition) is 6. The van der Waals surface area contributed by atoms with E-state index in [4.69, 9.17) is 10.8 Å². The summed E-state index contributed by atoms with van der Waals surface area (Å²) in [6.07, 6.45) is 5.26. The molecule has 0 bridgehead atoms. The van der Waals surface area contributed by atoms with Gasteiger partial charge < -0.3 is 15.0 Å². The number of hydrazine groups is 1. The first-order chi connectivity index (χ1) is 17.1. The van der Waals surface area contributed by atoms with Crippen molar-refractivity contribution in [2.45, 2.75) is 60.3 Å². The van der Waals surface area contributed by atoms with Crippen LogP contribution in [-0.4, -0.2) is 62.3 Å². The third kappa shape index (κ3) is 7.04. The summed E-state index contributed by atoms with van der Waals surface area (Å²) in [5.74, 6) is 7.09. The molecule has 0 atom stereocenters. The smallest absolute Gasteiger partial charge is 0.306 e. The lowest BCUT2D eigenvalue weighted by Crippen LogP contribution is -2.37. The number of nitrogens with two attached hydrogens (primary N) is 1. The van der Waals surface area contributed by atoms with Crippen LogP contribution in [0.2, 0.25) is 0 Å². The summed E-state index contributed by atoms with van der Waals surface area (Å²) in [4.78, 5) is 18.3. The Balaban J connectivity index is 1.69. The second kappa shape index (κ2) is 12.3. The number of nitrogens with zero attached hydrogens (tertiary/aromatic N) is 4. The third-order valence-electron chi connectivity index (χ3n) is 7.02. The molecule has 0 radical (unpaired) electrons. The van der Waals surface area contributed by atoms with Crippen LogP contribution < -0.4 is 5.84 Å². The molecule has 1 aliphatic heterocycles. The lowest BCUT2D eigenvalue weighted by molar-refractivity contribution is -0.143. The minimum absolute atomic E-state index is 0.190. The van der Waals surface area contributed by atoms with Gasteiger partial charge in [-0.05, 0) is 100 Å². The van der Waals surface area contributed by atoms with E-state index in [0.717, 1.165) is 74.5 Å². The number of carbonyl (C=O) groups is 1. The highest BCUT2D eigenvalue weighted by Crippen LogP contribution is 2.26. The number of nitrogens with one attached hydrogen (secondary N) is 1. The zero-order chi connectivity index (χ0) is 26.4. The van der Waals surface area contributed by atoms with Gasteiger partial charge in [-0.2, -0.15) is 5.10 Å². The van der Waals surface area contributed by atoms with E-state index in [-0.39, 0.29) is 5.92 Å². The standard InChI is InChI=1S/C28H42N6O2/c1-7-34(29)24(14-18(2)3)17-21(6)26-30-27(32-31-26)23-15-19(4)25(20(5)16-23)10-13-33-11-8-22(9-12-33)28(35)36/h15-18,22H,6-14,29H2,1-5H3,(H,35,36)(H,30,31,32)/b24-17-. The largest absolute Gasteiger partial charge is 0.481 e. The number of aromatic nitrogens is 3. The number of aliphatic carboxylic acids is 1. The fourth-order valence-electron chi connectivity index (χ4n) is 4.88. The number of piperidine rings is 1. The maximum absolute atomic E-state index is 11.2. The summed E-state index contributed by atoms with van der Waals surface area (Å²) in [7, 11) is 0. The third-order valence-corrected chi connectivity index (χ3v) is 7.02. The van der Waals surface area contributed by atoms with Gasteiger partial charge in [-0.15, -0.1) is 0 Å². The van der Waals surface area contributed by atoms with Crippen LogP contribution in [0.1, 0.15) is 62.5 Å². The number of rotatable bonds is 11. The van der Waals surface area contributed by atoms with E-state index < -0.39 is 5.97 Å². The van der Waals surface area contributed by atoms with Crippen molar-refractivity contribution in [1.82, 2.24) is 25.1 Å². The van der Waals surface area contributed by atoms with E-state index >= 15 is 0 Å². The number of allylic oxidation sites excluding steroid dienone is 3. The van der Waals surface area contributed by atoms with Gasteiger partial charge in [0.05, 0.1) is 5.92 Å². The first-order valence-electron chi connectivity index (χ1n) is 13.0. The SMILES string of the molecule is C=C(/C=C(/CC(C)C)N(N)CC)c1n[nH]c(-c2cc(C)c(CCN3CCC(C(=O)O)CC3)c(C)c2)n1. The summed E-state index contributed by atoms with van der Waals surface area (Å²) in [5, 5.41) is 18.5. The highest BCUT2D eigenvalue weighted by atomic mass is 16.4. The van der Waals surface area contributed by atoms with Crippen molar-refractivity contribution in [2.75, 3.05) is 26.2 Å². The van der Waals surface area contributed by atoms with E-state index in [1.807, 2.05) is 13.0 Å². The van der Waals surface area contributed by atoms with Gasteiger partial charge in [0.1, 0.15) is 0 Å². The van der Waals surface area contributed by atoms with Gasteiger partial charge in [-0.1, -0.05) is 20.4 Å². The van der Waals surface area contributed by atoms with Gasteiger partial charge in [0.25, 0.3) is 0 Å². The zero-order valence-electron chi connectivity index (χ0n) is 22.5. The minimum Gasteiger partial charge on any atom is -0.481 e. The Kier molecular flexibility index (Phi) is 9.45. The molecule has 0 amide bonds. The van der Waals surface area contributed by atoms with Gasteiger partial charge in [-0.25, -0.2) is 10.8 Å². The Morgan fingerprint density at radius 2 is 1.94 bits per heavy atom. The maximum Gasteiger partial charge on any atom is 0.306 e. The number of H-pyrrole nitrogens is 1. The molecular formula is C28H42N6O2. The van der Waals surface area contributed by atoms with Crippen LogP contribution in [0.25, 0.3) is 17.0 Å². The summed E-state index contributed by atoms with van der Waals surface area (Å²) in [6.45, 7) is 18.2. The summed E-state index contributed by atoms with van der Waals surface area (Å²) < 4.78 is 0. The van der Waals surface area contributed by atoms with Crippen molar-refractivity contribution in [1.29, 1.82) is 0 Å². The van der Waals surface area contributed by atoms with E-state index in [2.05, 4.69) is 61.5 Å². The molecule has 4 N–H and O–H groups in total. The Morgan fingerprint density at radius 1 is 1.31 bits per heavy atom. The molecule has 0 aliphatic carbocycles. The van der Waals surface area contributed by atoms with E-state index in [0.29, 0.717) is 11.7 Å². The summed E-state index contributed by atoms with van der Waals surface area (Å²) >= 11 is 0. The van der Waals surface area contributed by atoms with Gasteiger partial charge >= 0.3 is 5.97 Å². The molecule has 8 nitrogen and oxygen atoms in total. The van der Waals surface area contributed by atoms with Crippen LogP contribution in [0.15, 0.2) is 30.5 Å². The second-order valence-electron chi connectivity index (χ2n) is 10.3. The Hall–Kier alpha value is -2.97. The average Bonchev–Trinajstić information content (AvgIpc) is 3.33. The number of benzene rings is 1. The monoisotopic (exact) mass is 494 g/mol. The van der Waals surface area contributed by atoms with Crippen LogP contribution in [0.3, 0.4) is 0 Å². The summed E-state index contributed by atoms with van der Waals surface area (Å²) in [5.41, 5.74) is 6.54. The molecule has 1 aromatic heterocycles. The predicted octanol–water partition coefficient (Wildman–Crippen LogP) is 4.57. The van der Waals surface area contributed by atoms with E-state index in [9.17, 15) is 9.90 Å². The molecule has 36 heavy (non-hydrogen) atoms. The topological polar surface area (TPSA) is 111 Å². The molecule has 8 heteroatoms. The quantitative estimate of drug-likeness (QED) is 0.238. The van der Waals surface area contributed by atoms with Crippen molar-refractivity contribution in [3.8, 4) is 11.4 Å². The molecule has 1 saturated heterocycles. The maximum atomic E-state index is 11.2. The van der Waals surface area contributed by atoms with Gasteiger partial charge in [0.15, 0.2) is 11.6 Å². The molecule has 0 unspecified atom stereocenters. The number of aromatic amines is 1. The van der Waals surface area contributed by atoms with Crippen LogP contribution in [0.5, 0.6) is 0 Å². The van der Waals surface area contributed by atoms with Crippen molar-refractivity contribution >= 4 is 11.5 Å². The molecule has 3 rings (SSSR count). The van der Waals surface area contributed by atoms with Gasteiger partial charge in [-0.3, -0.25) is 9.89 Å². The van der Waals surface area contributed by atoms with Crippen LogP contribution in [0, 0.1) is 25.7 Å². The second-order valence-corrected chi connectivity index (χ2v) is 10.3. The van der Waals surface area contributed by atoms with Crippen molar-refractivity contribution in [2.24, 2.45) is 17.7 Å². The Bertz CT molecular complexity index is 1070. The first-order valence-corrected chi connectivity index (χ1v) is 13.0. The molecule has 2 aromatic rings. The van der Waals surface area contributed by atoms with Crippen LogP contribution in [0.4, 0.5) is 0 Å². The van der Waals surface area contributed by atoms with E-state index in [1.165, 1.54) is 16.7 Å². The summed E-state index contributed by atoms with van der Waals surface area (Å²) in [6, 6.07) is 4.32. The average molecular weight is 495 g/mol. The molecule has 0 saturated carbocycles. The fraction of sp³-hybridized carbons (Fsp3) is 0.536.